The Balaban J connectivity index is 1.39. The molecule has 0 unspecified atom stereocenters. The Bertz CT molecular complexity index is 1810. The Morgan fingerprint density at radius 1 is 0.848 bits per heavy atom. The van der Waals surface area contributed by atoms with Gasteiger partial charge in [0.25, 0.3) is 5.56 Å². The van der Waals surface area contributed by atoms with Gasteiger partial charge in [-0.15, -0.1) is 0 Å². The molecule has 3 atom stereocenters. The van der Waals surface area contributed by atoms with E-state index in [0.29, 0.717) is 5.56 Å². The number of hydrogen-bond acceptors (Lipinski definition) is 6. The molecule has 1 aliphatic heterocycles. The molecule has 46 heavy (non-hydrogen) atoms. The summed E-state index contributed by atoms with van der Waals surface area (Å²) in [4.78, 5) is 42.5. The number of hydrogen-bond donors (Lipinski definition) is 1. The minimum Gasteiger partial charge on any atom is -0.456 e. The number of carbonyl (C=O) groups is 1. The second-order valence-corrected chi connectivity index (χ2v) is 11.3. The van der Waals surface area contributed by atoms with E-state index in [4.69, 9.17) is 14.2 Å². The Morgan fingerprint density at radius 2 is 1.37 bits per heavy atom. The maximum atomic E-state index is 13.3. The van der Waals surface area contributed by atoms with Crippen molar-refractivity contribution in [2.24, 2.45) is 0 Å². The molecule has 5 aromatic rings. The highest BCUT2D eigenvalue weighted by Gasteiger charge is 2.44. The first-order valence-electron chi connectivity index (χ1n) is 14.8. The van der Waals surface area contributed by atoms with Crippen LogP contribution in [0, 0.1) is 0 Å². The fourth-order valence-corrected chi connectivity index (χ4v) is 6.09. The van der Waals surface area contributed by atoms with Gasteiger partial charge in [-0.1, -0.05) is 125 Å². The largest absolute Gasteiger partial charge is 0.456 e. The number of carbonyl (C=O) groups excluding carboxylic acids is 1. The van der Waals surface area contributed by atoms with Crippen molar-refractivity contribution in [3.05, 3.63) is 181 Å². The maximum absolute atomic E-state index is 13.3. The molecule has 1 saturated heterocycles. The van der Waals surface area contributed by atoms with Crippen molar-refractivity contribution in [1.29, 1.82) is 0 Å². The number of H-pyrrole nitrogens is 1. The lowest BCUT2D eigenvalue weighted by Gasteiger charge is -2.37. The van der Waals surface area contributed by atoms with Crippen molar-refractivity contribution >= 4 is 28.0 Å². The summed E-state index contributed by atoms with van der Waals surface area (Å²) in [6.07, 6.45) is 0.754. The monoisotopic (exact) mass is 678 g/mol. The number of halogens is 1. The molecule has 1 aliphatic rings. The van der Waals surface area contributed by atoms with Crippen LogP contribution in [-0.4, -0.2) is 34.3 Å². The topological polar surface area (TPSA) is 99.6 Å². The molecule has 6 rings (SSSR count). The fraction of sp³-hybridized carbons (Fsp3) is 0.162. The first-order valence-corrected chi connectivity index (χ1v) is 15.8. The molecule has 8 nitrogen and oxygen atoms in total. The molecule has 0 amide bonds. The van der Waals surface area contributed by atoms with Crippen LogP contribution in [-0.2, 0) is 19.8 Å². The third kappa shape index (κ3) is 6.44. The second kappa shape index (κ2) is 14.1. The van der Waals surface area contributed by atoms with Crippen LogP contribution in [0.25, 0.3) is 6.08 Å². The highest BCUT2D eigenvalue weighted by atomic mass is 79.9. The van der Waals surface area contributed by atoms with E-state index in [1.165, 1.54) is 21.8 Å². The predicted molar refractivity (Wildman–Crippen MR) is 179 cm³/mol. The summed E-state index contributed by atoms with van der Waals surface area (Å²) in [6.45, 7) is 0.00812. The van der Waals surface area contributed by atoms with Gasteiger partial charge in [0.2, 0.25) is 0 Å². The molecular weight excluding hydrogens is 648 g/mol. The Kier molecular flexibility index (Phi) is 9.54. The molecule has 1 aromatic heterocycles. The number of esters is 1. The van der Waals surface area contributed by atoms with Crippen molar-refractivity contribution in [3.8, 4) is 0 Å². The number of ether oxygens (including phenoxy) is 3. The average Bonchev–Trinajstić information content (AvgIpc) is 3.50. The van der Waals surface area contributed by atoms with Crippen LogP contribution < -0.4 is 11.2 Å². The number of nitrogens with one attached hydrogen (secondary N) is 1. The van der Waals surface area contributed by atoms with Gasteiger partial charge in [-0.3, -0.25) is 14.3 Å². The van der Waals surface area contributed by atoms with E-state index in [2.05, 4.69) is 20.9 Å². The number of benzene rings is 4. The van der Waals surface area contributed by atoms with Gasteiger partial charge in [-0.05, 0) is 39.9 Å². The standard InChI is InChI=1S/C37H31BrN2O6/c38-22-21-27-24-40(36(43)39-34(27)41)33-23-31(46-35(42)26-13-5-1-6-14-26)32(45-33)25-44-37(28-15-7-2-8-16-28,29-17-9-3-10-18-29)30-19-11-4-12-20-30/h1-22,24,31-33H,23,25H2,(H,39,41,43)/t31-,32+,33+/m0/s1. The molecule has 0 aliphatic carbocycles. The van der Waals surface area contributed by atoms with Gasteiger partial charge in [-0.25, -0.2) is 9.59 Å². The lowest BCUT2D eigenvalue weighted by atomic mass is 9.80. The zero-order valence-corrected chi connectivity index (χ0v) is 26.3. The summed E-state index contributed by atoms with van der Waals surface area (Å²) in [7, 11) is 0. The first kappa shape index (κ1) is 31.2. The van der Waals surface area contributed by atoms with Gasteiger partial charge in [0, 0.05) is 12.6 Å². The number of aromatic amines is 1. The van der Waals surface area contributed by atoms with Crippen LogP contribution in [0.3, 0.4) is 0 Å². The minimum absolute atomic E-state index is 0.00812. The molecule has 0 saturated carbocycles. The smallest absolute Gasteiger partial charge is 0.338 e. The molecule has 1 fully saturated rings. The van der Waals surface area contributed by atoms with Crippen LogP contribution in [0.1, 0.15) is 45.3 Å². The van der Waals surface area contributed by atoms with E-state index in [1.807, 2.05) is 97.1 Å². The Morgan fingerprint density at radius 3 is 1.89 bits per heavy atom. The van der Waals surface area contributed by atoms with Gasteiger partial charge < -0.3 is 14.2 Å². The molecule has 0 spiro atoms. The highest BCUT2D eigenvalue weighted by molar-refractivity contribution is 9.11. The Labute approximate surface area is 274 Å². The van der Waals surface area contributed by atoms with E-state index in [9.17, 15) is 14.4 Å². The van der Waals surface area contributed by atoms with Crippen LogP contribution in [0.15, 0.2) is 142 Å². The Hall–Kier alpha value is -4.83. The van der Waals surface area contributed by atoms with Crippen molar-refractivity contribution < 1.29 is 19.0 Å². The molecule has 4 aromatic carbocycles. The van der Waals surface area contributed by atoms with Gasteiger partial charge in [0.15, 0.2) is 0 Å². The number of nitrogens with zero attached hydrogens (tertiary/aromatic N) is 1. The molecule has 2 heterocycles. The van der Waals surface area contributed by atoms with Gasteiger partial charge >= 0.3 is 11.7 Å². The van der Waals surface area contributed by atoms with Gasteiger partial charge in [0.1, 0.15) is 24.0 Å². The van der Waals surface area contributed by atoms with Gasteiger partial charge in [-0.2, -0.15) is 0 Å². The number of rotatable bonds is 10. The van der Waals surface area contributed by atoms with E-state index >= 15 is 0 Å². The average molecular weight is 680 g/mol. The first-order chi connectivity index (χ1) is 22.5. The van der Waals surface area contributed by atoms with Crippen molar-refractivity contribution in [3.63, 3.8) is 0 Å². The summed E-state index contributed by atoms with van der Waals surface area (Å²) < 4.78 is 20.8. The quantitative estimate of drug-likeness (QED) is 0.135. The van der Waals surface area contributed by atoms with Crippen molar-refractivity contribution in [1.82, 2.24) is 9.55 Å². The third-order valence-electron chi connectivity index (χ3n) is 8.00. The highest BCUT2D eigenvalue weighted by Crippen LogP contribution is 2.42. The molecule has 1 N–H and O–H groups in total. The lowest BCUT2D eigenvalue weighted by molar-refractivity contribution is -0.0967. The summed E-state index contributed by atoms with van der Waals surface area (Å²) in [6, 6.07) is 38.5. The fourth-order valence-electron chi connectivity index (χ4n) is 5.80. The summed E-state index contributed by atoms with van der Waals surface area (Å²) in [5, 5.41) is 0. The molecule has 9 heteroatoms. The van der Waals surface area contributed by atoms with E-state index < -0.39 is 41.3 Å². The van der Waals surface area contributed by atoms with E-state index in [-0.39, 0.29) is 18.6 Å². The lowest BCUT2D eigenvalue weighted by Crippen LogP contribution is -2.39. The molecule has 0 bridgehead atoms. The maximum Gasteiger partial charge on any atom is 0.338 e. The third-order valence-corrected chi connectivity index (χ3v) is 8.27. The summed E-state index contributed by atoms with van der Waals surface area (Å²) in [5.74, 6) is -0.517. The van der Waals surface area contributed by atoms with Crippen LogP contribution in [0.4, 0.5) is 0 Å². The van der Waals surface area contributed by atoms with Crippen molar-refractivity contribution in [2.75, 3.05) is 6.61 Å². The predicted octanol–water partition coefficient (Wildman–Crippen LogP) is 6.42. The van der Waals surface area contributed by atoms with Crippen molar-refractivity contribution in [2.45, 2.75) is 30.5 Å². The summed E-state index contributed by atoms with van der Waals surface area (Å²) >= 11 is 3.19. The van der Waals surface area contributed by atoms with Crippen LogP contribution in [0.2, 0.25) is 0 Å². The normalized spacial score (nSPS) is 18.1. The SMILES string of the molecule is O=C(O[C@H]1C[C@H](n2cc(C=CBr)c(=O)[nH]c2=O)O[C@@H]1COC(c1ccccc1)(c1ccccc1)c1ccccc1)c1ccccc1. The summed E-state index contributed by atoms with van der Waals surface area (Å²) in [5.41, 5.74) is 1.16. The van der Waals surface area contributed by atoms with Crippen LogP contribution >= 0.6 is 15.9 Å². The minimum atomic E-state index is -1.04. The van der Waals surface area contributed by atoms with Crippen LogP contribution in [0.5, 0.6) is 0 Å². The molecule has 232 valence electrons. The molecule has 0 radical (unpaired) electrons. The number of aromatic nitrogens is 2. The zero-order chi connectivity index (χ0) is 31.9. The molecular formula is C37H31BrN2O6. The second-order valence-electron chi connectivity index (χ2n) is 10.8. The van der Waals surface area contributed by atoms with Gasteiger partial charge in [0.05, 0.1) is 17.7 Å². The van der Waals surface area contributed by atoms with E-state index in [0.717, 1.165) is 16.7 Å². The zero-order valence-electron chi connectivity index (χ0n) is 24.7. The van der Waals surface area contributed by atoms with E-state index in [1.54, 1.807) is 24.3 Å².